The molecule has 1 aromatic carbocycles. The zero-order valence-corrected chi connectivity index (χ0v) is 13.2. The molecule has 1 fully saturated rings. The highest BCUT2D eigenvalue weighted by atomic mass is 16.5. The van der Waals surface area contributed by atoms with E-state index in [0.717, 1.165) is 32.7 Å². The minimum atomic E-state index is 0.465. The smallest absolute Gasteiger partial charge is 0.0593 e. The van der Waals surface area contributed by atoms with Gasteiger partial charge in [0.1, 0.15) is 0 Å². The maximum atomic E-state index is 5.65. The highest BCUT2D eigenvalue weighted by molar-refractivity contribution is 5.32. The van der Waals surface area contributed by atoms with Gasteiger partial charge in [-0.05, 0) is 43.4 Å². The van der Waals surface area contributed by atoms with Crippen molar-refractivity contribution in [3.63, 3.8) is 0 Å². The highest BCUT2D eigenvalue weighted by Gasteiger charge is 2.31. The fourth-order valence-corrected chi connectivity index (χ4v) is 3.90. The number of hydrogen-bond donors (Lipinski definition) is 1. The molecule has 0 spiro atoms. The number of nitrogens with one attached hydrogen (secondary N) is 1. The molecule has 1 heterocycles. The van der Waals surface area contributed by atoms with Gasteiger partial charge in [0.05, 0.1) is 6.61 Å². The minimum absolute atomic E-state index is 0.465. The molecule has 3 nitrogen and oxygen atoms in total. The molecule has 0 amide bonds. The molecule has 2 aliphatic rings. The molecule has 1 N–H and O–H groups in total. The van der Waals surface area contributed by atoms with Crippen molar-refractivity contribution in [2.45, 2.75) is 44.7 Å². The average Bonchev–Trinajstić information content (AvgIpc) is 2.87. The first-order chi connectivity index (χ1) is 10.4. The lowest BCUT2D eigenvalue weighted by atomic mass is 9.94. The summed E-state index contributed by atoms with van der Waals surface area (Å²) in [4.78, 5) is 2.67. The van der Waals surface area contributed by atoms with E-state index in [2.05, 4.69) is 41.4 Å². The summed E-state index contributed by atoms with van der Waals surface area (Å²) in [5.41, 5.74) is 3.06. The number of likely N-dealkylation sites (N-methyl/N-ethyl adjacent to an activating group) is 1. The Morgan fingerprint density at radius 2 is 2.10 bits per heavy atom. The van der Waals surface area contributed by atoms with E-state index in [9.17, 15) is 0 Å². The second kappa shape index (κ2) is 7.39. The molecule has 0 aromatic heterocycles. The number of aryl methyl sites for hydroxylation is 1. The van der Waals surface area contributed by atoms with E-state index in [1.54, 1.807) is 0 Å². The Kier molecular flexibility index (Phi) is 5.28. The summed E-state index contributed by atoms with van der Waals surface area (Å²) < 4.78 is 5.65. The van der Waals surface area contributed by atoms with Crippen LogP contribution in [0.25, 0.3) is 0 Å². The predicted molar refractivity (Wildman–Crippen MR) is 86.6 cm³/mol. The Morgan fingerprint density at radius 3 is 3.00 bits per heavy atom. The lowest BCUT2D eigenvalue weighted by molar-refractivity contribution is 0.118. The molecule has 116 valence electrons. The van der Waals surface area contributed by atoms with E-state index in [4.69, 9.17) is 4.74 Å². The van der Waals surface area contributed by atoms with Crippen LogP contribution in [0.3, 0.4) is 0 Å². The first-order valence-corrected chi connectivity index (χ1v) is 8.53. The van der Waals surface area contributed by atoms with Crippen molar-refractivity contribution in [1.82, 2.24) is 10.2 Å². The van der Waals surface area contributed by atoms with Crippen LogP contribution >= 0.6 is 0 Å². The molecule has 21 heavy (non-hydrogen) atoms. The zero-order valence-electron chi connectivity index (χ0n) is 13.2. The van der Waals surface area contributed by atoms with Crippen LogP contribution in [0, 0.1) is 0 Å². The van der Waals surface area contributed by atoms with Gasteiger partial charge in [0.2, 0.25) is 0 Å². The predicted octanol–water partition coefficient (Wildman–Crippen LogP) is 2.76. The summed E-state index contributed by atoms with van der Waals surface area (Å²) in [5, 5.41) is 3.77. The second-order valence-corrected chi connectivity index (χ2v) is 6.20. The Bertz CT molecular complexity index is 441. The van der Waals surface area contributed by atoms with Gasteiger partial charge >= 0.3 is 0 Å². The molecule has 1 aliphatic heterocycles. The third kappa shape index (κ3) is 3.47. The largest absolute Gasteiger partial charge is 0.380 e. The van der Waals surface area contributed by atoms with E-state index in [1.807, 2.05) is 0 Å². The molecule has 2 atom stereocenters. The molecular weight excluding hydrogens is 260 g/mol. The first-order valence-electron chi connectivity index (χ1n) is 8.53. The van der Waals surface area contributed by atoms with E-state index in [-0.39, 0.29) is 0 Å². The van der Waals surface area contributed by atoms with Crippen molar-refractivity contribution in [3.05, 3.63) is 35.4 Å². The van der Waals surface area contributed by atoms with Crippen molar-refractivity contribution in [1.29, 1.82) is 0 Å². The molecule has 1 saturated heterocycles. The van der Waals surface area contributed by atoms with Gasteiger partial charge in [0.25, 0.3) is 0 Å². The molecular formula is C18H28N2O. The van der Waals surface area contributed by atoms with E-state index in [1.165, 1.54) is 36.9 Å². The van der Waals surface area contributed by atoms with Crippen molar-refractivity contribution < 1.29 is 4.74 Å². The fraction of sp³-hybridized carbons (Fsp3) is 0.667. The standard InChI is InChI=1S/C18H28N2O/c1-2-19-18-16-9-4-3-7-15(16)8-5-10-17(18)20-11-6-13-21-14-12-20/h3-4,7,9,17-19H,2,5-6,8,10-14H2,1H3. The Labute approximate surface area is 128 Å². The van der Waals surface area contributed by atoms with Crippen LogP contribution in [-0.4, -0.2) is 43.8 Å². The summed E-state index contributed by atoms with van der Waals surface area (Å²) in [6, 6.07) is 10.1. The van der Waals surface area contributed by atoms with Crippen molar-refractivity contribution in [2.24, 2.45) is 0 Å². The Hall–Kier alpha value is -0.900. The fourth-order valence-electron chi connectivity index (χ4n) is 3.90. The van der Waals surface area contributed by atoms with Gasteiger partial charge in [0.15, 0.2) is 0 Å². The lowest BCUT2D eigenvalue weighted by Crippen LogP contribution is -2.45. The Morgan fingerprint density at radius 1 is 1.19 bits per heavy atom. The van der Waals surface area contributed by atoms with Gasteiger partial charge in [-0.2, -0.15) is 0 Å². The monoisotopic (exact) mass is 288 g/mol. The number of benzene rings is 1. The first kappa shape index (κ1) is 15.0. The third-order valence-corrected chi connectivity index (χ3v) is 4.87. The van der Waals surface area contributed by atoms with Crippen LogP contribution < -0.4 is 5.32 Å². The number of nitrogens with zero attached hydrogens (tertiary/aromatic N) is 1. The number of hydrogen-bond acceptors (Lipinski definition) is 3. The molecule has 1 aromatic rings. The SMILES string of the molecule is CCNC1c2ccccc2CCCC1N1CCCOCC1. The number of rotatable bonds is 3. The normalized spacial score (nSPS) is 27.7. The van der Waals surface area contributed by atoms with Crippen LogP contribution in [0.1, 0.15) is 43.4 Å². The summed E-state index contributed by atoms with van der Waals surface area (Å²) in [7, 11) is 0. The van der Waals surface area contributed by atoms with Crippen LogP contribution in [0.4, 0.5) is 0 Å². The second-order valence-electron chi connectivity index (χ2n) is 6.20. The quantitative estimate of drug-likeness (QED) is 0.866. The van der Waals surface area contributed by atoms with E-state index >= 15 is 0 Å². The number of fused-ring (bicyclic) bond motifs is 1. The van der Waals surface area contributed by atoms with Gasteiger partial charge in [-0.3, -0.25) is 4.90 Å². The molecule has 3 rings (SSSR count). The highest BCUT2D eigenvalue weighted by Crippen LogP contribution is 2.32. The summed E-state index contributed by atoms with van der Waals surface area (Å²) >= 11 is 0. The average molecular weight is 288 g/mol. The van der Waals surface area contributed by atoms with Gasteiger partial charge in [-0.25, -0.2) is 0 Å². The summed E-state index contributed by atoms with van der Waals surface area (Å²) in [6.07, 6.45) is 4.96. The van der Waals surface area contributed by atoms with E-state index < -0.39 is 0 Å². The van der Waals surface area contributed by atoms with Gasteiger partial charge in [-0.1, -0.05) is 31.2 Å². The van der Waals surface area contributed by atoms with Crippen molar-refractivity contribution in [3.8, 4) is 0 Å². The molecule has 0 bridgehead atoms. The summed E-state index contributed by atoms with van der Waals surface area (Å²) in [6.45, 7) is 7.31. The van der Waals surface area contributed by atoms with Gasteiger partial charge in [-0.15, -0.1) is 0 Å². The van der Waals surface area contributed by atoms with Crippen LogP contribution in [-0.2, 0) is 11.2 Å². The molecule has 3 heteroatoms. The molecule has 1 aliphatic carbocycles. The maximum Gasteiger partial charge on any atom is 0.0593 e. The van der Waals surface area contributed by atoms with Gasteiger partial charge < -0.3 is 10.1 Å². The molecule has 0 radical (unpaired) electrons. The van der Waals surface area contributed by atoms with Crippen LogP contribution in [0.2, 0.25) is 0 Å². The van der Waals surface area contributed by atoms with E-state index in [0.29, 0.717) is 12.1 Å². The van der Waals surface area contributed by atoms with Crippen LogP contribution in [0.5, 0.6) is 0 Å². The van der Waals surface area contributed by atoms with Crippen molar-refractivity contribution in [2.75, 3.05) is 32.8 Å². The van der Waals surface area contributed by atoms with Gasteiger partial charge in [0, 0.05) is 31.8 Å². The maximum absolute atomic E-state index is 5.65. The molecule has 2 unspecified atom stereocenters. The molecule has 0 saturated carbocycles. The minimum Gasteiger partial charge on any atom is -0.380 e. The summed E-state index contributed by atoms with van der Waals surface area (Å²) in [5.74, 6) is 0. The van der Waals surface area contributed by atoms with Crippen LogP contribution in [0.15, 0.2) is 24.3 Å². The lowest BCUT2D eigenvalue weighted by Gasteiger charge is -2.36. The topological polar surface area (TPSA) is 24.5 Å². The Balaban J connectivity index is 1.87. The number of ether oxygens (including phenoxy) is 1. The third-order valence-electron chi connectivity index (χ3n) is 4.87. The van der Waals surface area contributed by atoms with Crippen molar-refractivity contribution >= 4 is 0 Å². The zero-order chi connectivity index (χ0) is 14.5.